The highest BCUT2D eigenvalue weighted by Crippen LogP contribution is 2.28. The maximum absolute atomic E-state index is 12.2. The Kier molecular flexibility index (Phi) is 5.33. The molecule has 1 unspecified atom stereocenters. The summed E-state index contributed by atoms with van der Waals surface area (Å²) in [6.45, 7) is 10.5. The molecule has 132 valence electrons. The zero-order chi connectivity index (χ0) is 18.0. The fourth-order valence-electron chi connectivity index (χ4n) is 3.66. The number of amides is 2. The highest BCUT2D eigenvalue weighted by molar-refractivity contribution is 6.35. The molecule has 24 heavy (non-hydrogen) atoms. The first-order chi connectivity index (χ1) is 11.1. The smallest absolute Gasteiger partial charge is 0.313 e. The van der Waals surface area contributed by atoms with Crippen molar-refractivity contribution in [2.75, 3.05) is 0 Å². The molecule has 0 bridgehead atoms. The average Bonchev–Trinajstić information content (AvgIpc) is 2.60. The lowest BCUT2D eigenvalue weighted by Crippen LogP contribution is -2.62. The van der Waals surface area contributed by atoms with E-state index in [1.54, 1.807) is 6.08 Å². The zero-order valence-electron chi connectivity index (χ0n) is 15.3. The zero-order valence-corrected chi connectivity index (χ0v) is 15.3. The fraction of sp³-hybridized carbons (Fsp3) is 0.579. The van der Waals surface area contributed by atoms with Gasteiger partial charge in [0.15, 0.2) is 0 Å². The molecule has 0 radical (unpaired) electrons. The van der Waals surface area contributed by atoms with Crippen molar-refractivity contribution >= 4 is 11.8 Å². The van der Waals surface area contributed by atoms with Gasteiger partial charge in [0.05, 0.1) is 0 Å². The Morgan fingerprint density at radius 1 is 1.08 bits per heavy atom. The van der Waals surface area contributed by atoms with Crippen molar-refractivity contribution in [1.82, 2.24) is 16.0 Å². The highest BCUT2D eigenvalue weighted by atomic mass is 16.2. The second kappa shape index (κ2) is 6.93. The van der Waals surface area contributed by atoms with E-state index in [9.17, 15) is 9.59 Å². The molecule has 5 heteroatoms. The van der Waals surface area contributed by atoms with Crippen molar-refractivity contribution in [1.29, 1.82) is 0 Å². The summed E-state index contributed by atoms with van der Waals surface area (Å²) in [5.74, 6) is -0.893. The van der Waals surface area contributed by atoms with Crippen LogP contribution in [-0.4, -0.2) is 28.9 Å². The normalized spacial score (nSPS) is 25.5. The summed E-state index contributed by atoms with van der Waals surface area (Å²) < 4.78 is 0. The van der Waals surface area contributed by atoms with Crippen molar-refractivity contribution in [2.45, 2.75) is 64.6 Å². The van der Waals surface area contributed by atoms with E-state index in [1.807, 2.05) is 24.3 Å². The number of allylic oxidation sites excluding steroid dienone is 5. The van der Waals surface area contributed by atoms with Gasteiger partial charge in [0.1, 0.15) is 0 Å². The molecule has 2 aliphatic rings. The quantitative estimate of drug-likeness (QED) is 0.679. The predicted molar refractivity (Wildman–Crippen MR) is 96.1 cm³/mol. The van der Waals surface area contributed by atoms with Gasteiger partial charge in [0, 0.05) is 22.8 Å². The molecule has 3 N–H and O–H groups in total. The molecule has 0 aromatic heterocycles. The lowest BCUT2D eigenvalue weighted by Gasteiger charge is -2.46. The molecule has 1 aliphatic heterocycles. The Morgan fingerprint density at radius 2 is 1.71 bits per heavy atom. The molecule has 0 spiro atoms. The summed E-state index contributed by atoms with van der Waals surface area (Å²) in [6.07, 6.45) is 11.1. The number of nitrogens with one attached hydrogen (secondary N) is 3. The second-order valence-electron chi connectivity index (χ2n) is 8.15. The van der Waals surface area contributed by atoms with Crippen LogP contribution in [0.1, 0.15) is 47.5 Å². The third-order valence-electron chi connectivity index (χ3n) is 4.26. The molecule has 1 heterocycles. The summed E-state index contributed by atoms with van der Waals surface area (Å²) in [5.41, 5.74) is 0.467. The molecule has 0 saturated carbocycles. The number of hydrogen-bond donors (Lipinski definition) is 3. The Bertz CT molecular complexity index is 584. The standard InChI is InChI=1S/C19H29N3O2/c1-13-7-6-8-14(10-9-13)20-16(23)17(24)21-15-11-18(2,3)22-19(4,5)12-15/h6-10,13,15,22H,11-12H2,1-5H3,(H,20,23)(H,21,24). The molecule has 1 fully saturated rings. The van der Waals surface area contributed by atoms with Gasteiger partial charge >= 0.3 is 11.8 Å². The molecule has 0 aromatic rings. The third-order valence-corrected chi connectivity index (χ3v) is 4.26. The maximum Gasteiger partial charge on any atom is 0.313 e. The van der Waals surface area contributed by atoms with Crippen LogP contribution in [0.25, 0.3) is 0 Å². The summed E-state index contributed by atoms with van der Waals surface area (Å²) in [6, 6.07) is -0.0203. The van der Waals surface area contributed by atoms with Gasteiger partial charge in [-0.05, 0) is 58.6 Å². The van der Waals surface area contributed by atoms with Crippen LogP contribution in [0.4, 0.5) is 0 Å². The number of rotatable bonds is 2. The number of piperidine rings is 1. The van der Waals surface area contributed by atoms with Crippen molar-refractivity contribution in [3.63, 3.8) is 0 Å². The molecule has 0 aromatic carbocycles. The van der Waals surface area contributed by atoms with Crippen molar-refractivity contribution in [3.05, 3.63) is 36.1 Å². The number of carbonyl (C=O) groups excluding carboxylic acids is 2. The van der Waals surface area contributed by atoms with E-state index in [0.717, 1.165) is 12.8 Å². The molecule has 2 rings (SSSR count). The van der Waals surface area contributed by atoms with Gasteiger partial charge in [-0.1, -0.05) is 25.2 Å². The van der Waals surface area contributed by atoms with Gasteiger partial charge in [-0.25, -0.2) is 0 Å². The van der Waals surface area contributed by atoms with E-state index in [-0.39, 0.29) is 17.1 Å². The first-order valence-corrected chi connectivity index (χ1v) is 8.54. The molecule has 2 amide bonds. The number of hydrogen-bond acceptors (Lipinski definition) is 3. The van der Waals surface area contributed by atoms with Gasteiger partial charge in [-0.15, -0.1) is 0 Å². The van der Waals surface area contributed by atoms with Gasteiger partial charge < -0.3 is 16.0 Å². The van der Waals surface area contributed by atoms with Crippen LogP contribution in [0.3, 0.4) is 0 Å². The fourth-order valence-corrected chi connectivity index (χ4v) is 3.66. The average molecular weight is 331 g/mol. The first-order valence-electron chi connectivity index (χ1n) is 8.54. The summed E-state index contributed by atoms with van der Waals surface area (Å²) in [7, 11) is 0. The SMILES string of the molecule is CC1C=CC=C(NC(=O)C(=O)NC2CC(C)(C)NC(C)(C)C2)C=C1. The van der Waals surface area contributed by atoms with Crippen LogP contribution in [0.5, 0.6) is 0 Å². The third kappa shape index (κ3) is 5.34. The molecule has 1 aliphatic carbocycles. The topological polar surface area (TPSA) is 70.2 Å². The monoisotopic (exact) mass is 331 g/mol. The van der Waals surface area contributed by atoms with Gasteiger partial charge in [-0.3, -0.25) is 9.59 Å². The first kappa shape index (κ1) is 18.5. The summed E-state index contributed by atoms with van der Waals surface area (Å²) in [5, 5.41) is 9.11. The lowest BCUT2D eigenvalue weighted by atomic mass is 9.79. The van der Waals surface area contributed by atoms with Gasteiger partial charge in [-0.2, -0.15) is 0 Å². The minimum Gasteiger partial charge on any atom is -0.345 e. The van der Waals surface area contributed by atoms with E-state index < -0.39 is 11.8 Å². The summed E-state index contributed by atoms with van der Waals surface area (Å²) >= 11 is 0. The Morgan fingerprint density at radius 3 is 2.33 bits per heavy atom. The van der Waals surface area contributed by atoms with Crippen LogP contribution in [-0.2, 0) is 9.59 Å². The molecule has 5 nitrogen and oxygen atoms in total. The lowest BCUT2D eigenvalue weighted by molar-refractivity contribution is -0.139. The van der Waals surface area contributed by atoms with E-state index in [2.05, 4.69) is 50.6 Å². The van der Waals surface area contributed by atoms with E-state index in [1.165, 1.54) is 0 Å². The maximum atomic E-state index is 12.2. The molecule has 1 saturated heterocycles. The predicted octanol–water partition coefficient (Wildman–Crippen LogP) is 2.17. The van der Waals surface area contributed by atoms with E-state index >= 15 is 0 Å². The van der Waals surface area contributed by atoms with Crippen LogP contribution < -0.4 is 16.0 Å². The van der Waals surface area contributed by atoms with Crippen molar-refractivity contribution in [2.24, 2.45) is 5.92 Å². The Hall–Kier alpha value is -1.88. The minimum atomic E-state index is -0.622. The number of carbonyl (C=O) groups is 2. The second-order valence-corrected chi connectivity index (χ2v) is 8.15. The van der Waals surface area contributed by atoms with Crippen molar-refractivity contribution < 1.29 is 9.59 Å². The van der Waals surface area contributed by atoms with Crippen LogP contribution >= 0.6 is 0 Å². The van der Waals surface area contributed by atoms with Gasteiger partial charge in [0.2, 0.25) is 0 Å². The van der Waals surface area contributed by atoms with E-state index in [0.29, 0.717) is 11.6 Å². The highest BCUT2D eigenvalue weighted by Gasteiger charge is 2.38. The Labute approximate surface area is 144 Å². The van der Waals surface area contributed by atoms with Crippen molar-refractivity contribution in [3.8, 4) is 0 Å². The van der Waals surface area contributed by atoms with Crippen LogP contribution in [0.15, 0.2) is 36.1 Å². The Balaban J connectivity index is 1.94. The molecule has 1 atom stereocenters. The molecular weight excluding hydrogens is 302 g/mol. The van der Waals surface area contributed by atoms with Crippen LogP contribution in [0.2, 0.25) is 0 Å². The summed E-state index contributed by atoms with van der Waals surface area (Å²) in [4.78, 5) is 24.4. The molecular formula is C19H29N3O2. The minimum absolute atomic E-state index is 0.0203. The van der Waals surface area contributed by atoms with Crippen LogP contribution in [0, 0.1) is 5.92 Å². The van der Waals surface area contributed by atoms with Gasteiger partial charge in [0.25, 0.3) is 0 Å². The largest absolute Gasteiger partial charge is 0.345 e. The van der Waals surface area contributed by atoms with E-state index in [4.69, 9.17) is 0 Å².